The molecule has 0 N–H and O–H groups in total. The second-order valence-corrected chi connectivity index (χ2v) is 17.0. The molecule has 10 aromatic rings. The van der Waals surface area contributed by atoms with E-state index in [9.17, 15) is 0 Å². The van der Waals surface area contributed by atoms with Crippen molar-refractivity contribution in [3.05, 3.63) is 144 Å². The van der Waals surface area contributed by atoms with Gasteiger partial charge in [-0.3, -0.25) is 0 Å². The van der Waals surface area contributed by atoms with Gasteiger partial charge in [-0.2, -0.15) is 0 Å². The molecule has 252 valence electrons. The van der Waals surface area contributed by atoms with Gasteiger partial charge in [0.15, 0.2) is 0 Å². The Hall–Kier alpha value is -5.46. The molecule has 0 saturated carbocycles. The van der Waals surface area contributed by atoms with E-state index in [4.69, 9.17) is 0 Å². The van der Waals surface area contributed by atoms with E-state index in [-0.39, 0.29) is 5.41 Å². The van der Waals surface area contributed by atoms with Gasteiger partial charge in [0.05, 0.1) is 0 Å². The SMILES string of the molecule is CC(C)c1ccc2ccc3c(C(C)C)cc(-c4ccc5ccc(-c6cc7ccc8cc(C(C)(C)C)cc9ccc(c6)c7c89)cc5c4)c4ccc1c2c43. The van der Waals surface area contributed by atoms with Crippen LogP contribution in [0.5, 0.6) is 0 Å². The molecule has 0 saturated heterocycles. The Balaban J connectivity index is 1.15. The monoisotopic (exact) mass is 668 g/mol. The smallest absolute Gasteiger partial charge is 0.00176 e. The summed E-state index contributed by atoms with van der Waals surface area (Å²) < 4.78 is 0. The minimum atomic E-state index is 0.113. The third kappa shape index (κ3) is 4.60. The van der Waals surface area contributed by atoms with Gasteiger partial charge in [0.25, 0.3) is 0 Å². The van der Waals surface area contributed by atoms with E-state index in [1.165, 1.54) is 114 Å². The summed E-state index contributed by atoms with van der Waals surface area (Å²) in [5.74, 6) is 0.885. The summed E-state index contributed by atoms with van der Waals surface area (Å²) in [7, 11) is 0. The quantitative estimate of drug-likeness (QED) is 0.164. The summed E-state index contributed by atoms with van der Waals surface area (Å²) in [5, 5.41) is 18.8. The van der Waals surface area contributed by atoms with E-state index >= 15 is 0 Å². The summed E-state index contributed by atoms with van der Waals surface area (Å²) >= 11 is 0. The fraction of sp³-hybridized carbons (Fsp3) is 0.192. The van der Waals surface area contributed by atoms with Crippen LogP contribution < -0.4 is 0 Å². The molecule has 0 spiro atoms. The first kappa shape index (κ1) is 31.3. The van der Waals surface area contributed by atoms with Gasteiger partial charge in [-0.05, 0) is 162 Å². The van der Waals surface area contributed by atoms with Crippen LogP contribution in [-0.2, 0) is 5.41 Å². The molecule has 0 fully saturated rings. The predicted molar refractivity (Wildman–Crippen MR) is 229 cm³/mol. The summed E-state index contributed by atoms with van der Waals surface area (Å²) in [6.07, 6.45) is 0. The predicted octanol–water partition coefficient (Wildman–Crippen LogP) is 15.5. The van der Waals surface area contributed by atoms with Crippen molar-refractivity contribution < 1.29 is 0 Å². The Labute approximate surface area is 306 Å². The van der Waals surface area contributed by atoms with Crippen LogP contribution >= 0.6 is 0 Å². The first-order valence-corrected chi connectivity index (χ1v) is 19.1. The highest BCUT2D eigenvalue weighted by molar-refractivity contribution is 6.27. The average Bonchev–Trinajstić information content (AvgIpc) is 3.14. The van der Waals surface area contributed by atoms with Gasteiger partial charge in [0.1, 0.15) is 0 Å². The Kier molecular flexibility index (Phi) is 6.63. The zero-order chi connectivity index (χ0) is 35.6. The molecule has 0 heteroatoms. The molecule has 10 rings (SSSR count). The summed E-state index contributed by atoms with van der Waals surface area (Å²) in [6.45, 7) is 16.2. The molecule has 0 bridgehead atoms. The number of hydrogen-bond donors (Lipinski definition) is 0. The normalized spacial score (nSPS) is 12.9. The highest BCUT2D eigenvalue weighted by atomic mass is 14.2. The lowest BCUT2D eigenvalue weighted by Crippen LogP contribution is -2.10. The van der Waals surface area contributed by atoms with Crippen molar-refractivity contribution in [2.24, 2.45) is 0 Å². The van der Waals surface area contributed by atoms with E-state index in [0.717, 1.165) is 0 Å². The third-order valence-electron chi connectivity index (χ3n) is 12.0. The Morgan fingerprint density at radius 2 is 0.827 bits per heavy atom. The molecule has 0 unspecified atom stereocenters. The van der Waals surface area contributed by atoms with E-state index < -0.39 is 0 Å². The van der Waals surface area contributed by atoms with E-state index in [2.05, 4.69) is 176 Å². The van der Waals surface area contributed by atoms with Crippen molar-refractivity contribution in [2.75, 3.05) is 0 Å². The third-order valence-corrected chi connectivity index (χ3v) is 12.0. The van der Waals surface area contributed by atoms with Crippen LogP contribution in [0.2, 0.25) is 0 Å². The molecular formula is C52H44. The van der Waals surface area contributed by atoms with Gasteiger partial charge >= 0.3 is 0 Å². The highest BCUT2D eigenvalue weighted by Crippen LogP contribution is 2.45. The van der Waals surface area contributed by atoms with E-state index in [0.29, 0.717) is 11.8 Å². The molecule has 0 aliphatic rings. The van der Waals surface area contributed by atoms with Crippen molar-refractivity contribution in [2.45, 2.75) is 65.7 Å². The van der Waals surface area contributed by atoms with Crippen LogP contribution in [0, 0.1) is 0 Å². The highest BCUT2D eigenvalue weighted by Gasteiger charge is 2.20. The summed E-state index contributed by atoms with van der Waals surface area (Å²) in [6, 6.07) is 49.5. The standard InChI is InChI=1S/C52H44/c1-29(2)42-18-16-32-17-19-44-46(30(3)4)28-47(45-21-20-43(42)50(32)51(44)45)34-11-9-31-8-10-33(22-39(31)23-34)40-24-35-12-14-37-26-41(52(5,6)7)27-38-15-13-36(25-40)48(35)49(37)38/h8-30H,1-7H3. The van der Waals surface area contributed by atoms with Crippen LogP contribution in [0.25, 0.3) is 97.7 Å². The fourth-order valence-corrected chi connectivity index (χ4v) is 9.20. The number of benzene rings is 10. The molecule has 10 aromatic carbocycles. The first-order valence-electron chi connectivity index (χ1n) is 19.1. The maximum Gasteiger partial charge on any atom is -0.00176 e. The Bertz CT molecular complexity index is 2970. The average molecular weight is 669 g/mol. The van der Waals surface area contributed by atoms with E-state index in [1.807, 2.05) is 0 Å². The number of hydrogen-bond acceptors (Lipinski definition) is 0. The van der Waals surface area contributed by atoms with Gasteiger partial charge in [-0.25, -0.2) is 0 Å². The van der Waals surface area contributed by atoms with Crippen molar-refractivity contribution in [3.8, 4) is 22.3 Å². The fourth-order valence-electron chi connectivity index (χ4n) is 9.20. The zero-order valence-corrected chi connectivity index (χ0v) is 31.3. The second-order valence-electron chi connectivity index (χ2n) is 17.0. The lowest BCUT2D eigenvalue weighted by Gasteiger charge is -2.21. The van der Waals surface area contributed by atoms with Crippen LogP contribution in [-0.4, -0.2) is 0 Å². The molecule has 0 heterocycles. The number of fused-ring (bicyclic) bond motifs is 1. The van der Waals surface area contributed by atoms with Crippen molar-refractivity contribution in [1.29, 1.82) is 0 Å². The molecule has 0 aliphatic carbocycles. The summed E-state index contributed by atoms with van der Waals surface area (Å²) in [5.41, 5.74) is 9.47. The van der Waals surface area contributed by atoms with Gasteiger partial charge in [-0.1, -0.05) is 146 Å². The Morgan fingerprint density at radius 3 is 1.46 bits per heavy atom. The topological polar surface area (TPSA) is 0 Å². The van der Waals surface area contributed by atoms with Gasteiger partial charge in [0, 0.05) is 0 Å². The summed E-state index contributed by atoms with van der Waals surface area (Å²) in [4.78, 5) is 0. The maximum absolute atomic E-state index is 2.48. The van der Waals surface area contributed by atoms with Gasteiger partial charge in [-0.15, -0.1) is 0 Å². The second kappa shape index (κ2) is 11.0. The molecule has 0 nitrogen and oxygen atoms in total. The van der Waals surface area contributed by atoms with Gasteiger partial charge in [0.2, 0.25) is 0 Å². The van der Waals surface area contributed by atoms with Crippen LogP contribution in [0.1, 0.15) is 77.0 Å². The lowest BCUT2D eigenvalue weighted by atomic mass is 9.82. The molecule has 0 radical (unpaired) electrons. The first-order chi connectivity index (χ1) is 25.0. The van der Waals surface area contributed by atoms with Crippen LogP contribution in [0.4, 0.5) is 0 Å². The zero-order valence-electron chi connectivity index (χ0n) is 31.3. The van der Waals surface area contributed by atoms with Crippen molar-refractivity contribution in [3.63, 3.8) is 0 Å². The minimum Gasteiger partial charge on any atom is -0.0587 e. The lowest BCUT2D eigenvalue weighted by molar-refractivity contribution is 0.591. The number of rotatable bonds is 4. The molecular weight excluding hydrogens is 625 g/mol. The molecule has 52 heavy (non-hydrogen) atoms. The molecule has 0 amide bonds. The molecule has 0 aliphatic heterocycles. The van der Waals surface area contributed by atoms with Crippen LogP contribution in [0.3, 0.4) is 0 Å². The molecule has 0 atom stereocenters. The van der Waals surface area contributed by atoms with Crippen molar-refractivity contribution >= 4 is 75.4 Å². The van der Waals surface area contributed by atoms with Crippen molar-refractivity contribution in [1.82, 2.24) is 0 Å². The largest absolute Gasteiger partial charge is 0.0587 e. The Morgan fingerprint density at radius 1 is 0.346 bits per heavy atom. The van der Waals surface area contributed by atoms with Gasteiger partial charge < -0.3 is 0 Å². The van der Waals surface area contributed by atoms with E-state index in [1.54, 1.807) is 0 Å². The minimum absolute atomic E-state index is 0.113. The van der Waals surface area contributed by atoms with Crippen LogP contribution in [0.15, 0.2) is 127 Å². The molecule has 0 aromatic heterocycles. The maximum atomic E-state index is 2.48.